The van der Waals surface area contributed by atoms with Crippen LogP contribution in [0.25, 0.3) is 0 Å². The molecule has 7 fully saturated rings. The molecular formula is C47H72O18. The number of carbonyl (C=O) groups excluding carboxylic acids is 1. The molecule has 0 aromatic heterocycles. The van der Waals surface area contributed by atoms with Crippen LogP contribution in [0.4, 0.5) is 0 Å². The fraction of sp³-hybridized carbons (Fsp3) is 0.851. The van der Waals surface area contributed by atoms with Crippen molar-refractivity contribution in [3.05, 3.63) is 35.9 Å². The summed E-state index contributed by atoms with van der Waals surface area (Å²) in [5, 5.41) is 108. The molecule has 3 aliphatic heterocycles. The average Bonchev–Trinajstić information content (AvgIpc) is 3.75. The second-order valence-corrected chi connectivity index (χ2v) is 21.0. The van der Waals surface area contributed by atoms with E-state index < -0.39 is 116 Å². The van der Waals surface area contributed by atoms with Gasteiger partial charge in [-0.1, -0.05) is 45.9 Å². The second-order valence-electron chi connectivity index (χ2n) is 21.0. The summed E-state index contributed by atoms with van der Waals surface area (Å²) in [5.74, 6) is -1.51. The Bertz CT molecular complexity index is 1790. The molecule has 1 aromatic carbocycles. The van der Waals surface area contributed by atoms with E-state index in [1.165, 1.54) is 0 Å². The maximum absolute atomic E-state index is 13.6. The maximum atomic E-state index is 13.6. The lowest BCUT2D eigenvalue weighted by Gasteiger charge is -2.66. The summed E-state index contributed by atoms with van der Waals surface area (Å²) in [4.78, 5) is 13.6. The van der Waals surface area contributed by atoms with Crippen molar-refractivity contribution in [1.29, 1.82) is 0 Å². The Labute approximate surface area is 379 Å². The van der Waals surface area contributed by atoms with Gasteiger partial charge in [0.2, 0.25) is 0 Å². The second kappa shape index (κ2) is 18.8. The molecule has 0 spiro atoms. The van der Waals surface area contributed by atoms with Crippen LogP contribution in [0.2, 0.25) is 0 Å². The molecule has 10 N–H and O–H groups in total. The largest absolute Gasteiger partial charge is 0.456 e. The van der Waals surface area contributed by atoms with Crippen LogP contribution in [-0.4, -0.2) is 181 Å². The topological polar surface area (TPSA) is 284 Å². The molecule has 24 atom stereocenters. The van der Waals surface area contributed by atoms with E-state index in [4.69, 9.17) is 33.2 Å². The zero-order valence-electron chi connectivity index (χ0n) is 38.0. The molecule has 65 heavy (non-hydrogen) atoms. The molecule has 0 bridgehead atoms. The van der Waals surface area contributed by atoms with Crippen molar-refractivity contribution in [2.45, 2.75) is 176 Å². The summed E-state index contributed by atoms with van der Waals surface area (Å²) in [7, 11) is 1.67. The van der Waals surface area contributed by atoms with Crippen molar-refractivity contribution >= 4 is 5.97 Å². The average molecular weight is 925 g/mol. The van der Waals surface area contributed by atoms with Crippen LogP contribution in [0.3, 0.4) is 0 Å². The number of benzene rings is 1. The number of hydrogen-bond acceptors (Lipinski definition) is 18. The van der Waals surface area contributed by atoms with Gasteiger partial charge >= 0.3 is 5.97 Å². The Morgan fingerprint density at radius 1 is 0.831 bits per heavy atom. The molecule has 3 saturated heterocycles. The SMILES string of the molecule is COC1(CC[C@@H](C)CO[C@@H]2O[C@H](CO)[C@@H](O)[C@H](O)[C@H]2O)OC2C[C@H]3[C@@H]4C[C@@H](O)[C@@]5(O)C[C@@H](OC(=O)c6ccccc6)[C@H](O[C@@H]6O[C@H](CO)[C@@H](O)[C@H](O)[C@H]6O)C[C@]5(C)[C@H]4CC[C@]3(C)C2[C@@H]1C. The lowest BCUT2D eigenvalue weighted by atomic mass is 9.42. The minimum absolute atomic E-state index is 0.0188. The highest BCUT2D eigenvalue weighted by molar-refractivity contribution is 5.89. The molecule has 8 rings (SSSR count). The Morgan fingerprint density at radius 3 is 2.09 bits per heavy atom. The van der Waals surface area contributed by atoms with Gasteiger partial charge in [0.15, 0.2) is 18.4 Å². The molecule has 3 heterocycles. The predicted octanol–water partition coefficient (Wildman–Crippen LogP) is -0.0281. The summed E-state index contributed by atoms with van der Waals surface area (Å²) in [5.41, 5.74) is -2.62. The minimum Gasteiger partial charge on any atom is -0.456 e. The highest BCUT2D eigenvalue weighted by atomic mass is 16.7. The number of esters is 1. The van der Waals surface area contributed by atoms with Crippen LogP contribution in [0.1, 0.15) is 89.4 Å². The van der Waals surface area contributed by atoms with Gasteiger partial charge in [-0.05, 0) is 85.7 Å². The number of aliphatic hydroxyl groups is 10. The summed E-state index contributed by atoms with van der Waals surface area (Å²) in [6, 6.07) is 8.35. The summed E-state index contributed by atoms with van der Waals surface area (Å²) < 4.78 is 42.9. The standard InChI is InChI=1S/C47H72O18/c1-22(21-60-42-39(55)37(53)35(51)31(19-48)63-42)11-14-47(59-5)23(2)34-28(65-47)16-27-25-15-33(50)46(58)18-30(61-41(57)24-9-7-6-8-10-24)29(17-45(46,4)26(25)12-13-44(27,34)3)62-43-40(56)38(54)36(52)32(20-49)64-43/h6-10,22-23,25-40,42-43,48-56,58H,11-21H2,1-5H3/t22-,23+,25-,26+,27+,28?,29-,30-,31-,32-,33-,34?,35-,36-,37+,38+,39-,40-,42-,43-,44+,45-,46+,47?/m1/s1. The lowest BCUT2D eigenvalue weighted by Crippen LogP contribution is -2.71. The number of carbonyl (C=O) groups is 1. The fourth-order valence-corrected chi connectivity index (χ4v) is 13.9. The van der Waals surface area contributed by atoms with Gasteiger partial charge < -0.3 is 84.2 Å². The Hall–Kier alpha value is -1.95. The van der Waals surface area contributed by atoms with E-state index in [0.29, 0.717) is 25.7 Å². The first-order chi connectivity index (χ1) is 30.8. The van der Waals surface area contributed by atoms with E-state index >= 15 is 0 Å². The third kappa shape index (κ3) is 8.31. The first kappa shape index (κ1) is 49.5. The minimum atomic E-state index is -1.71. The zero-order valence-corrected chi connectivity index (χ0v) is 38.0. The number of hydrogen-bond donors (Lipinski definition) is 10. The van der Waals surface area contributed by atoms with E-state index in [1.54, 1.807) is 37.4 Å². The molecule has 4 aliphatic carbocycles. The van der Waals surface area contributed by atoms with Crippen LogP contribution in [0.5, 0.6) is 0 Å². The highest BCUT2D eigenvalue weighted by Gasteiger charge is 2.73. The molecule has 3 unspecified atom stereocenters. The third-order valence-electron chi connectivity index (χ3n) is 17.7. The number of aliphatic hydroxyl groups excluding tert-OH is 9. The Kier molecular flexibility index (Phi) is 14.3. The molecule has 18 nitrogen and oxygen atoms in total. The summed E-state index contributed by atoms with van der Waals surface area (Å²) in [6.07, 6.45) is -14.3. The van der Waals surface area contributed by atoms with Crippen molar-refractivity contribution < 1.29 is 89.0 Å². The maximum Gasteiger partial charge on any atom is 0.338 e. The highest BCUT2D eigenvalue weighted by Crippen LogP contribution is 2.72. The summed E-state index contributed by atoms with van der Waals surface area (Å²) in [6.45, 7) is 7.42. The number of methoxy groups -OCH3 is 1. The molecule has 0 radical (unpaired) electrons. The van der Waals surface area contributed by atoms with Gasteiger partial charge in [-0.25, -0.2) is 4.79 Å². The van der Waals surface area contributed by atoms with E-state index in [-0.39, 0.29) is 72.0 Å². The van der Waals surface area contributed by atoms with E-state index in [2.05, 4.69) is 13.8 Å². The third-order valence-corrected chi connectivity index (χ3v) is 17.7. The Balaban J connectivity index is 0.982. The molecule has 18 heteroatoms. The number of ether oxygens (including phenoxy) is 7. The molecule has 1 aromatic rings. The Morgan fingerprint density at radius 2 is 1.46 bits per heavy atom. The van der Waals surface area contributed by atoms with Gasteiger partial charge in [0.25, 0.3) is 0 Å². The number of rotatable bonds is 13. The predicted molar refractivity (Wildman–Crippen MR) is 225 cm³/mol. The van der Waals surface area contributed by atoms with Crippen molar-refractivity contribution in [2.75, 3.05) is 26.9 Å². The van der Waals surface area contributed by atoms with E-state index in [1.807, 2.05) is 13.8 Å². The van der Waals surface area contributed by atoms with Crippen LogP contribution < -0.4 is 0 Å². The first-order valence-electron chi connectivity index (χ1n) is 23.5. The van der Waals surface area contributed by atoms with Crippen molar-refractivity contribution in [3.63, 3.8) is 0 Å². The monoisotopic (exact) mass is 924 g/mol. The van der Waals surface area contributed by atoms with Crippen molar-refractivity contribution in [1.82, 2.24) is 0 Å². The molecule has 0 amide bonds. The van der Waals surface area contributed by atoms with Crippen LogP contribution in [0, 0.1) is 46.3 Å². The summed E-state index contributed by atoms with van der Waals surface area (Å²) >= 11 is 0. The smallest absolute Gasteiger partial charge is 0.338 e. The van der Waals surface area contributed by atoms with Gasteiger partial charge in [0, 0.05) is 31.3 Å². The van der Waals surface area contributed by atoms with Crippen LogP contribution in [0.15, 0.2) is 30.3 Å². The first-order valence-corrected chi connectivity index (χ1v) is 23.5. The number of fused-ring (bicyclic) bond motifs is 7. The van der Waals surface area contributed by atoms with Crippen molar-refractivity contribution in [3.8, 4) is 0 Å². The zero-order chi connectivity index (χ0) is 47.0. The normalized spacial score (nSPS) is 51.0. The van der Waals surface area contributed by atoms with Crippen molar-refractivity contribution in [2.24, 2.45) is 46.3 Å². The lowest BCUT2D eigenvalue weighted by molar-refractivity contribution is -0.339. The van der Waals surface area contributed by atoms with Gasteiger partial charge in [-0.15, -0.1) is 0 Å². The van der Waals surface area contributed by atoms with Gasteiger partial charge in [0.1, 0.15) is 54.9 Å². The quantitative estimate of drug-likeness (QED) is 0.0919. The van der Waals surface area contributed by atoms with E-state index in [9.17, 15) is 55.9 Å². The van der Waals surface area contributed by atoms with Gasteiger partial charge in [-0.3, -0.25) is 0 Å². The van der Waals surface area contributed by atoms with Crippen LogP contribution in [-0.2, 0) is 33.2 Å². The fourth-order valence-electron chi connectivity index (χ4n) is 13.9. The molecular weight excluding hydrogens is 852 g/mol. The molecule has 7 aliphatic rings. The van der Waals surface area contributed by atoms with Gasteiger partial charge in [-0.2, -0.15) is 0 Å². The van der Waals surface area contributed by atoms with Crippen LogP contribution >= 0.6 is 0 Å². The van der Waals surface area contributed by atoms with Gasteiger partial charge in [0.05, 0.1) is 49.3 Å². The molecule has 4 saturated carbocycles. The van der Waals surface area contributed by atoms with E-state index in [0.717, 1.165) is 12.8 Å². The molecule has 368 valence electrons.